The number of hydrogen-bond acceptors (Lipinski definition) is 14. The van der Waals surface area contributed by atoms with Crippen LogP contribution >= 0.6 is 0 Å². The molecule has 0 radical (unpaired) electrons. The first-order chi connectivity index (χ1) is 28.9. The summed E-state index contributed by atoms with van der Waals surface area (Å²) >= 11 is 0. The van der Waals surface area contributed by atoms with Crippen LogP contribution in [0.25, 0.3) is 0 Å². The molecule has 4 fully saturated rings. The number of nitrogens with one attached hydrogen (secondary N) is 1. The Morgan fingerprint density at radius 3 is 1.98 bits per heavy atom. The first-order valence-corrected chi connectivity index (χ1v) is 20.1. The maximum absolute atomic E-state index is 15.3. The number of esters is 4. The Kier molecular flexibility index (Phi) is 10.1. The summed E-state index contributed by atoms with van der Waals surface area (Å²) in [6.07, 6.45) is -8.82. The molecule has 12 atom stereocenters. The second kappa shape index (κ2) is 14.7. The molecule has 15 nitrogen and oxygen atoms in total. The van der Waals surface area contributed by atoms with Crippen LogP contribution in [0.15, 0.2) is 102 Å². The smallest absolute Gasteiger partial charge is 0.338 e. The van der Waals surface area contributed by atoms with Crippen molar-refractivity contribution in [2.45, 2.75) is 101 Å². The van der Waals surface area contributed by atoms with Gasteiger partial charge in [-0.15, -0.1) is 0 Å². The van der Waals surface area contributed by atoms with E-state index >= 15 is 4.79 Å². The number of aliphatic hydroxyl groups is 3. The number of ether oxygens (including phenoxy) is 5. The van der Waals surface area contributed by atoms with Gasteiger partial charge in [-0.05, 0) is 61.7 Å². The Morgan fingerprint density at radius 2 is 1.43 bits per heavy atom. The molecule has 5 aliphatic rings. The van der Waals surface area contributed by atoms with E-state index in [1.54, 1.807) is 78.9 Å². The lowest BCUT2D eigenvalue weighted by Gasteiger charge is -2.78. The van der Waals surface area contributed by atoms with E-state index < -0.39 is 112 Å². The van der Waals surface area contributed by atoms with Gasteiger partial charge in [-0.2, -0.15) is 0 Å². The fraction of sp³-hybridized carbons (Fsp3) is 0.435. The van der Waals surface area contributed by atoms with E-state index in [4.69, 9.17) is 23.7 Å². The highest BCUT2D eigenvalue weighted by Crippen LogP contribution is 2.78. The number of carbonyl (C=O) groups excluding carboxylic acids is 6. The summed E-state index contributed by atoms with van der Waals surface area (Å²) in [6, 6.07) is 23.0. The minimum atomic E-state index is -2.30. The van der Waals surface area contributed by atoms with Crippen LogP contribution in [0.4, 0.5) is 0 Å². The zero-order valence-electron chi connectivity index (χ0n) is 34.2. The van der Waals surface area contributed by atoms with Crippen molar-refractivity contribution in [3.05, 3.63) is 119 Å². The molecular weight excluding hydrogens is 790 g/mol. The van der Waals surface area contributed by atoms with Crippen molar-refractivity contribution in [3.63, 3.8) is 0 Å². The second-order valence-corrected chi connectivity index (χ2v) is 17.1. The van der Waals surface area contributed by atoms with Crippen molar-refractivity contribution in [1.29, 1.82) is 0 Å². The molecule has 1 amide bonds. The van der Waals surface area contributed by atoms with E-state index in [9.17, 15) is 39.3 Å². The van der Waals surface area contributed by atoms with E-state index in [0.717, 1.165) is 13.8 Å². The summed E-state index contributed by atoms with van der Waals surface area (Å²) in [6.45, 7) is 6.36. The largest absolute Gasteiger partial charge is 0.455 e. The van der Waals surface area contributed by atoms with Crippen LogP contribution < -0.4 is 5.32 Å². The number of aliphatic hydroxyl groups excluding tert-OH is 2. The molecule has 1 heterocycles. The highest BCUT2D eigenvalue weighted by Gasteiger charge is 2.89. The van der Waals surface area contributed by atoms with Crippen LogP contribution in [0.5, 0.6) is 0 Å². The third-order valence-electron chi connectivity index (χ3n) is 14.1. The number of hydrogen-bond donors (Lipinski definition) is 4. The zero-order chi connectivity index (χ0) is 43.9. The van der Waals surface area contributed by atoms with Gasteiger partial charge in [0, 0.05) is 32.3 Å². The third-order valence-corrected chi connectivity index (χ3v) is 14.1. The van der Waals surface area contributed by atoms with Gasteiger partial charge < -0.3 is 44.3 Å². The van der Waals surface area contributed by atoms with Crippen LogP contribution in [0.3, 0.4) is 0 Å². The van der Waals surface area contributed by atoms with Gasteiger partial charge in [0.2, 0.25) is 0 Å². The predicted octanol–water partition coefficient (Wildman–Crippen LogP) is 3.10. The fourth-order valence-corrected chi connectivity index (χ4v) is 11.0. The summed E-state index contributed by atoms with van der Waals surface area (Å²) in [7, 11) is 0. The summed E-state index contributed by atoms with van der Waals surface area (Å²) < 4.78 is 30.3. The van der Waals surface area contributed by atoms with Crippen molar-refractivity contribution in [3.8, 4) is 0 Å². The maximum Gasteiger partial charge on any atom is 0.338 e. The van der Waals surface area contributed by atoms with Crippen molar-refractivity contribution in [2.24, 2.45) is 16.7 Å². The van der Waals surface area contributed by atoms with Crippen LogP contribution in [0, 0.1) is 16.7 Å². The number of fused-ring (bicyclic) bond motifs is 3. The molecular formula is C46H47NO14. The van der Waals surface area contributed by atoms with Gasteiger partial charge in [0.1, 0.15) is 23.4 Å². The third kappa shape index (κ3) is 5.92. The van der Waals surface area contributed by atoms with Crippen molar-refractivity contribution < 1.29 is 67.8 Å². The topological polar surface area (TPSA) is 221 Å². The van der Waals surface area contributed by atoms with Crippen LogP contribution in [-0.2, 0) is 42.9 Å². The Bertz CT molecular complexity index is 2340. The van der Waals surface area contributed by atoms with Crippen molar-refractivity contribution >= 4 is 35.6 Å². The van der Waals surface area contributed by atoms with E-state index in [-0.39, 0.29) is 35.3 Å². The van der Waals surface area contributed by atoms with E-state index in [0.29, 0.717) is 5.56 Å². The molecule has 0 bridgehead atoms. The standard InChI is InChI=1S/C46H47NO14/c1-24-32-35(58-25(2)48)37(52)42(4)30(50)21-31-44(23-57-31,60-26(3)49)36(42)38(59-40(54)29-19-13-8-14-20-29)45(56)22-46(24,43(32,45)5)61-41(55)34(51)33(27-15-9-6-10-16-27)47-39(53)28-17-11-7-12-18-28/h6-20,30-31,33-36,38,50-51,56H,21-23H2,1-5H3,(H,47,53)/t30-,31?,33-,34+,35+,36?,38-,42+,43?,44-,45+,46+/m0/s1. The second-order valence-electron chi connectivity index (χ2n) is 17.1. The van der Waals surface area contributed by atoms with Crippen LogP contribution in [0.1, 0.15) is 79.8 Å². The number of Topliss-reactive ketones (excluding diaryl/α,β-unsaturated/α-hetero) is 1. The Labute approximate surface area is 351 Å². The number of rotatable bonds is 10. The summed E-state index contributed by atoms with van der Waals surface area (Å²) in [4.78, 5) is 83.2. The molecule has 3 aromatic rings. The van der Waals surface area contributed by atoms with Crippen LogP contribution in [0.2, 0.25) is 0 Å². The fourth-order valence-electron chi connectivity index (χ4n) is 11.0. The van der Waals surface area contributed by atoms with Gasteiger partial charge >= 0.3 is 23.9 Å². The predicted molar refractivity (Wildman–Crippen MR) is 211 cm³/mol. The first kappa shape index (κ1) is 42.0. The molecule has 8 rings (SSSR count). The Hall–Kier alpha value is -5.74. The SMILES string of the molecule is CC(=O)O[C@H]1C(=O)[C@@]2(C)C([C@H](OC(=O)c3ccccc3)[C@]3(O)C[C@@]4(OC(=O)[C@H](O)[C@@H](NC(=O)c5ccccc5)c5ccccc5)C(C)=C1C34C)[C@]1(OC(C)=O)COC1C[C@@H]2O. The van der Waals surface area contributed by atoms with Gasteiger partial charge in [-0.1, -0.05) is 66.7 Å². The number of ketones is 1. The first-order valence-electron chi connectivity index (χ1n) is 20.1. The lowest BCUT2D eigenvalue weighted by Crippen LogP contribution is -2.90. The summed E-state index contributed by atoms with van der Waals surface area (Å²) in [5.74, 6) is -6.74. The van der Waals surface area contributed by atoms with E-state index in [1.807, 2.05) is 0 Å². The molecule has 3 aromatic carbocycles. The lowest BCUT2D eigenvalue weighted by molar-refractivity contribution is -0.376. The number of benzene rings is 3. The quantitative estimate of drug-likeness (QED) is 0.131. The van der Waals surface area contributed by atoms with Gasteiger partial charge in [0.05, 0.1) is 41.1 Å². The Balaban J connectivity index is 1.26. The average molecular weight is 838 g/mol. The number of carbonyl (C=O) groups is 6. The molecule has 15 heteroatoms. The minimum absolute atomic E-state index is 0.0434. The van der Waals surface area contributed by atoms with E-state index in [1.165, 1.54) is 32.9 Å². The van der Waals surface area contributed by atoms with Gasteiger partial charge in [0.15, 0.2) is 23.6 Å². The van der Waals surface area contributed by atoms with E-state index in [2.05, 4.69) is 5.32 Å². The monoisotopic (exact) mass is 837 g/mol. The summed E-state index contributed by atoms with van der Waals surface area (Å²) in [5.41, 5.74) is -8.81. The maximum atomic E-state index is 15.3. The molecule has 1 aliphatic heterocycles. The van der Waals surface area contributed by atoms with Crippen molar-refractivity contribution in [1.82, 2.24) is 5.32 Å². The minimum Gasteiger partial charge on any atom is -0.455 e. The lowest BCUT2D eigenvalue weighted by atomic mass is 9.30. The summed E-state index contributed by atoms with van der Waals surface area (Å²) in [5, 5.41) is 40.0. The van der Waals surface area contributed by atoms with Gasteiger partial charge in [-0.3, -0.25) is 19.2 Å². The zero-order valence-corrected chi connectivity index (χ0v) is 34.2. The molecule has 4 aliphatic carbocycles. The van der Waals surface area contributed by atoms with Crippen LogP contribution in [-0.4, -0.2) is 105 Å². The normalized spacial score (nSPS) is 35.3. The molecule has 320 valence electrons. The highest BCUT2D eigenvalue weighted by atomic mass is 16.6. The molecule has 0 spiro atoms. The van der Waals surface area contributed by atoms with Crippen molar-refractivity contribution in [2.75, 3.05) is 6.61 Å². The molecule has 4 N–H and O–H groups in total. The molecule has 1 saturated heterocycles. The average Bonchev–Trinajstić information content (AvgIpc) is 3.24. The molecule has 61 heavy (non-hydrogen) atoms. The highest BCUT2D eigenvalue weighted by molar-refractivity contribution is 5.97. The molecule has 3 saturated carbocycles. The molecule has 3 unspecified atom stereocenters. The molecule has 0 aromatic heterocycles. The van der Waals surface area contributed by atoms with Gasteiger partial charge in [0.25, 0.3) is 5.91 Å². The van der Waals surface area contributed by atoms with Gasteiger partial charge in [-0.25, -0.2) is 9.59 Å². The Morgan fingerprint density at radius 1 is 0.836 bits per heavy atom. The number of amides is 1.